The van der Waals surface area contributed by atoms with Gasteiger partial charge < -0.3 is 10.2 Å². The van der Waals surface area contributed by atoms with Crippen LogP contribution >= 0.6 is 0 Å². The van der Waals surface area contributed by atoms with Gasteiger partial charge in [0.1, 0.15) is 0 Å². The van der Waals surface area contributed by atoms with Crippen LogP contribution in [0.5, 0.6) is 0 Å². The molecule has 21 heavy (non-hydrogen) atoms. The highest BCUT2D eigenvalue weighted by molar-refractivity contribution is 5.44. The first-order valence-corrected chi connectivity index (χ1v) is 7.81. The quantitative estimate of drug-likeness (QED) is 0.920. The van der Waals surface area contributed by atoms with Crippen molar-refractivity contribution in [2.45, 2.75) is 59.5 Å². The molecule has 0 saturated carbocycles. The van der Waals surface area contributed by atoms with Gasteiger partial charge in [-0.1, -0.05) is 13.8 Å². The van der Waals surface area contributed by atoms with Crippen LogP contribution in [0.2, 0.25) is 0 Å². The van der Waals surface area contributed by atoms with Crippen LogP contribution in [0.3, 0.4) is 0 Å². The lowest BCUT2D eigenvalue weighted by Crippen LogP contribution is -2.41. The van der Waals surface area contributed by atoms with E-state index in [2.05, 4.69) is 49.8 Å². The summed E-state index contributed by atoms with van der Waals surface area (Å²) in [5, 5.41) is 3.34. The van der Waals surface area contributed by atoms with E-state index in [1.54, 1.807) is 12.3 Å². The van der Waals surface area contributed by atoms with E-state index < -0.39 is 0 Å². The molecule has 1 N–H and O–H groups in total. The first-order valence-electron chi connectivity index (χ1n) is 7.81. The Bertz CT molecular complexity index is 491. The molecule has 4 heteroatoms. The SMILES string of the molecule is CC1(C)CCCN(c2nccc(CNC(C)(C)C)c2F)C1. The van der Waals surface area contributed by atoms with Crippen LogP contribution in [-0.4, -0.2) is 23.6 Å². The number of piperidine rings is 1. The van der Waals surface area contributed by atoms with Crippen molar-refractivity contribution in [2.24, 2.45) is 5.41 Å². The predicted octanol–water partition coefficient (Wildman–Crippen LogP) is 3.74. The fourth-order valence-electron chi connectivity index (χ4n) is 2.79. The van der Waals surface area contributed by atoms with Gasteiger partial charge in [-0.2, -0.15) is 0 Å². The third kappa shape index (κ3) is 4.40. The molecule has 2 heterocycles. The molecule has 0 aromatic carbocycles. The highest BCUT2D eigenvalue weighted by Crippen LogP contribution is 2.32. The molecular weight excluding hydrogens is 265 g/mol. The van der Waals surface area contributed by atoms with Crippen molar-refractivity contribution in [2.75, 3.05) is 18.0 Å². The molecule has 1 aromatic rings. The fourth-order valence-corrected chi connectivity index (χ4v) is 2.79. The number of nitrogens with zero attached hydrogens (tertiary/aromatic N) is 2. The highest BCUT2D eigenvalue weighted by Gasteiger charge is 2.29. The maximum absolute atomic E-state index is 14.7. The van der Waals surface area contributed by atoms with Crippen LogP contribution in [0.1, 0.15) is 53.0 Å². The summed E-state index contributed by atoms with van der Waals surface area (Å²) in [6, 6.07) is 1.77. The minimum atomic E-state index is -0.174. The van der Waals surface area contributed by atoms with Gasteiger partial charge in [0, 0.05) is 36.9 Å². The standard InChI is InChI=1S/C17H28FN3/c1-16(2,3)20-11-13-7-9-19-15(14(13)18)21-10-6-8-17(4,5)12-21/h7,9,20H,6,8,10-12H2,1-5H3. The van der Waals surface area contributed by atoms with Gasteiger partial charge in [0.25, 0.3) is 0 Å². The molecule has 1 saturated heterocycles. The van der Waals surface area contributed by atoms with Crippen LogP contribution in [0.25, 0.3) is 0 Å². The Balaban J connectivity index is 2.17. The summed E-state index contributed by atoms with van der Waals surface area (Å²) in [7, 11) is 0. The van der Waals surface area contributed by atoms with Crippen molar-refractivity contribution >= 4 is 5.82 Å². The van der Waals surface area contributed by atoms with Gasteiger partial charge in [-0.05, 0) is 45.1 Å². The topological polar surface area (TPSA) is 28.2 Å². The van der Waals surface area contributed by atoms with Crippen LogP contribution in [0.15, 0.2) is 12.3 Å². The van der Waals surface area contributed by atoms with Crippen LogP contribution in [0, 0.1) is 11.2 Å². The third-order valence-electron chi connectivity index (χ3n) is 3.96. The number of pyridine rings is 1. The van der Waals surface area contributed by atoms with Crippen molar-refractivity contribution in [3.05, 3.63) is 23.6 Å². The molecule has 1 aromatic heterocycles. The molecule has 0 unspecified atom stereocenters. The highest BCUT2D eigenvalue weighted by atomic mass is 19.1. The molecule has 0 spiro atoms. The second kappa shape index (κ2) is 5.91. The van der Waals surface area contributed by atoms with Crippen molar-refractivity contribution < 1.29 is 4.39 Å². The molecule has 3 nitrogen and oxygen atoms in total. The zero-order valence-electron chi connectivity index (χ0n) is 14.0. The molecule has 1 fully saturated rings. The Morgan fingerprint density at radius 2 is 2.10 bits per heavy atom. The second-order valence-corrected chi connectivity index (χ2v) is 7.90. The smallest absolute Gasteiger partial charge is 0.170 e. The normalized spacial score (nSPS) is 18.9. The minimum absolute atomic E-state index is 0.0248. The molecule has 0 radical (unpaired) electrons. The van der Waals surface area contributed by atoms with Crippen molar-refractivity contribution in [3.63, 3.8) is 0 Å². The number of nitrogens with one attached hydrogen (secondary N) is 1. The third-order valence-corrected chi connectivity index (χ3v) is 3.96. The molecule has 0 atom stereocenters. The fraction of sp³-hybridized carbons (Fsp3) is 0.706. The molecule has 2 rings (SSSR count). The van der Waals surface area contributed by atoms with E-state index >= 15 is 0 Å². The number of anilines is 1. The Morgan fingerprint density at radius 3 is 2.71 bits per heavy atom. The summed E-state index contributed by atoms with van der Waals surface area (Å²) >= 11 is 0. The van der Waals surface area contributed by atoms with Gasteiger partial charge in [-0.3, -0.25) is 0 Å². The Kier molecular flexibility index (Phi) is 4.57. The van der Waals surface area contributed by atoms with Crippen LogP contribution in [-0.2, 0) is 6.54 Å². The average molecular weight is 293 g/mol. The molecule has 1 aliphatic rings. The zero-order valence-corrected chi connectivity index (χ0v) is 14.0. The molecule has 0 bridgehead atoms. The monoisotopic (exact) mass is 293 g/mol. The lowest BCUT2D eigenvalue weighted by molar-refractivity contribution is 0.290. The van der Waals surface area contributed by atoms with E-state index in [9.17, 15) is 4.39 Å². The van der Waals surface area contributed by atoms with E-state index in [-0.39, 0.29) is 16.8 Å². The van der Waals surface area contributed by atoms with E-state index in [1.807, 2.05) is 0 Å². The van der Waals surface area contributed by atoms with Gasteiger partial charge >= 0.3 is 0 Å². The van der Waals surface area contributed by atoms with Gasteiger partial charge in [-0.25, -0.2) is 9.37 Å². The van der Waals surface area contributed by atoms with Crippen molar-refractivity contribution in [1.82, 2.24) is 10.3 Å². The van der Waals surface area contributed by atoms with E-state index in [1.165, 1.54) is 6.42 Å². The van der Waals surface area contributed by atoms with Gasteiger partial charge in [0.15, 0.2) is 11.6 Å². The Morgan fingerprint density at radius 1 is 1.38 bits per heavy atom. The summed E-state index contributed by atoms with van der Waals surface area (Å²) in [6.07, 6.45) is 4.01. The lowest BCUT2D eigenvalue weighted by Gasteiger charge is -2.39. The van der Waals surface area contributed by atoms with E-state index in [4.69, 9.17) is 0 Å². The summed E-state index contributed by atoms with van der Waals surface area (Å²) in [6.45, 7) is 13.0. The number of rotatable bonds is 3. The second-order valence-electron chi connectivity index (χ2n) is 7.90. The van der Waals surface area contributed by atoms with E-state index in [0.29, 0.717) is 17.9 Å². The Labute approximate surface area is 127 Å². The number of aromatic nitrogens is 1. The lowest BCUT2D eigenvalue weighted by atomic mass is 9.84. The first kappa shape index (κ1) is 16.2. The molecular formula is C17H28FN3. The maximum Gasteiger partial charge on any atom is 0.170 e. The molecule has 118 valence electrons. The maximum atomic E-state index is 14.7. The number of hydrogen-bond donors (Lipinski definition) is 1. The average Bonchev–Trinajstić information content (AvgIpc) is 2.35. The van der Waals surface area contributed by atoms with Gasteiger partial charge in [0.2, 0.25) is 0 Å². The minimum Gasteiger partial charge on any atom is -0.354 e. The molecule has 0 aliphatic carbocycles. The zero-order chi connectivity index (χ0) is 15.7. The largest absolute Gasteiger partial charge is 0.354 e. The van der Waals surface area contributed by atoms with Gasteiger partial charge in [0.05, 0.1) is 0 Å². The van der Waals surface area contributed by atoms with Crippen LogP contribution < -0.4 is 10.2 Å². The number of halogens is 1. The first-order chi connectivity index (χ1) is 9.68. The number of hydrogen-bond acceptors (Lipinski definition) is 3. The summed E-state index contributed by atoms with van der Waals surface area (Å²) in [5.74, 6) is 0.336. The summed E-state index contributed by atoms with van der Waals surface area (Å²) < 4.78 is 14.7. The predicted molar refractivity (Wildman–Crippen MR) is 86.0 cm³/mol. The molecule has 0 amide bonds. The van der Waals surface area contributed by atoms with Crippen LogP contribution in [0.4, 0.5) is 10.2 Å². The van der Waals surface area contributed by atoms with Crippen molar-refractivity contribution in [3.8, 4) is 0 Å². The summed E-state index contributed by atoms with van der Waals surface area (Å²) in [4.78, 5) is 6.39. The van der Waals surface area contributed by atoms with Crippen molar-refractivity contribution in [1.29, 1.82) is 0 Å². The Hall–Kier alpha value is -1.16. The van der Waals surface area contributed by atoms with Gasteiger partial charge in [-0.15, -0.1) is 0 Å². The van der Waals surface area contributed by atoms with E-state index in [0.717, 1.165) is 19.5 Å². The summed E-state index contributed by atoms with van der Waals surface area (Å²) in [5.41, 5.74) is 0.896. The molecule has 1 aliphatic heterocycles.